The Morgan fingerprint density at radius 1 is 1.15 bits per heavy atom. The molecule has 3 aromatic rings. The van der Waals surface area contributed by atoms with Crippen molar-refractivity contribution in [2.45, 2.75) is 18.8 Å². The Bertz CT molecular complexity index is 989. The Morgan fingerprint density at radius 2 is 1.96 bits per heavy atom. The van der Waals surface area contributed by atoms with E-state index >= 15 is 0 Å². The summed E-state index contributed by atoms with van der Waals surface area (Å²) in [5.41, 5.74) is 3.28. The molecule has 0 radical (unpaired) electrons. The molecule has 0 aliphatic heterocycles. The largest absolute Gasteiger partial charge is 0.497 e. The molecular formula is C21H18ClN3O2. The number of benzene rings is 2. The minimum Gasteiger partial charge on any atom is -0.497 e. The zero-order valence-corrected chi connectivity index (χ0v) is 15.5. The monoisotopic (exact) mass is 379 g/mol. The average molecular weight is 380 g/mol. The maximum absolute atomic E-state index is 12.5. The van der Waals surface area contributed by atoms with E-state index in [-0.39, 0.29) is 11.7 Å². The van der Waals surface area contributed by atoms with Crippen molar-refractivity contribution < 1.29 is 9.53 Å². The fourth-order valence-electron chi connectivity index (χ4n) is 3.30. The molecule has 6 heteroatoms. The van der Waals surface area contributed by atoms with Gasteiger partial charge in [0.2, 0.25) is 5.95 Å². The predicted octanol–water partition coefficient (Wildman–Crippen LogP) is 4.79. The summed E-state index contributed by atoms with van der Waals surface area (Å²) in [6.45, 7) is 0. The highest BCUT2D eigenvalue weighted by atomic mass is 35.5. The zero-order chi connectivity index (χ0) is 18.8. The van der Waals surface area contributed by atoms with E-state index in [4.69, 9.17) is 16.3 Å². The van der Waals surface area contributed by atoms with Gasteiger partial charge in [-0.25, -0.2) is 9.97 Å². The Labute approximate surface area is 162 Å². The summed E-state index contributed by atoms with van der Waals surface area (Å²) >= 11 is 6.11. The van der Waals surface area contributed by atoms with Crippen LogP contribution in [0.4, 0.5) is 11.6 Å². The molecule has 27 heavy (non-hydrogen) atoms. The number of nitrogens with zero attached hydrogens (tertiary/aromatic N) is 2. The van der Waals surface area contributed by atoms with Crippen LogP contribution in [0.1, 0.15) is 34.0 Å². The van der Waals surface area contributed by atoms with Crippen molar-refractivity contribution in [3.05, 3.63) is 76.6 Å². The number of ether oxygens (including phenoxy) is 1. The number of Topliss-reactive ketones (excluding diaryl/α,β-unsaturated/α-hetero) is 1. The Kier molecular flexibility index (Phi) is 4.77. The van der Waals surface area contributed by atoms with Gasteiger partial charge in [0.15, 0.2) is 5.78 Å². The second-order valence-electron chi connectivity index (χ2n) is 6.49. The van der Waals surface area contributed by atoms with Crippen LogP contribution < -0.4 is 10.1 Å². The summed E-state index contributed by atoms with van der Waals surface area (Å²) in [4.78, 5) is 21.4. The van der Waals surface area contributed by atoms with E-state index in [1.54, 1.807) is 13.3 Å². The fourth-order valence-corrected chi connectivity index (χ4v) is 3.50. The molecule has 0 fully saturated rings. The second kappa shape index (κ2) is 7.37. The number of carbonyl (C=O) groups excluding carboxylic acids is 1. The van der Waals surface area contributed by atoms with Gasteiger partial charge in [-0.2, -0.15) is 0 Å². The van der Waals surface area contributed by atoms with E-state index in [9.17, 15) is 4.79 Å². The lowest BCUT2D eigenvalue weighted by Crippen LogP contribution is -2.21. The topological polar surface area (TPSA) is 64.1 Å². The fraction of sp³-hybridized carbons (Fsp3) is 0.190. The standard InChI is InChI=1S/C21H18ClN3O2/c1-27-17-7-5-16(6-8-17)24-21-23-12-18-19(25-21)10-14(11-20(18)26)13-3-2-4-15(22)9-13/h2-9,12,14H,10-11H2,1H3,(H,23,24,25)/t14-/m1/s1. The molecule has 0 saturated heterocycles. The van der Waals surface area contributed by atoms with Gasteiger partial charge >= 0.3 is 0 Å². The van der Waals surface area contributed by atoms with Gasteiger partial charge in [0.25, 0.3) is 0 Å². The Morgan fingerprint density at radius 3 is 2.70 bits per heavy atom. The summed E-state index contributed by atoms with van der Waals surface area (Å²) < 4.78 is 5.16. The van der Waals surface area contributed by atoms with Crippen molar-refractivity contribution in [2.24, 2.45) is 0 Å². The molecule has 4 rings (SSSR count). The van der Waals surface area contributed by atoms with Crippen molar-refractivity contribution in [1.82, 2.24) is 9.97 Å². The minimum atomic E-state index is 0.0669. The first-order valence-electron chi connectivity index (χ1n) is 8.68. The lowest BCUT2D eigenvalue weighted by Gasteiger charge is -2.23. The number of aromatic nitrogens is 2. The van der Waals surface area contributed by atoms with E-state index in [0.29, 0.717) is 29.4 Å². The van der Waals surface area contributed by atoms with Gasteiger partial charge in [-0.1, -0.05) is 23.7 Å². The molecule has 0 amide bonds. The molecule has 2 aromatic carbocycles. The van der Waals surface area contributed by atoms with E-state index in [2.05, 4.69) is 15.3 Å². The SMILES string of the molecule is COc1ccc(Nc2ncc3c(n2)C[C@@H](c2cccc(Cl)c2)CC3=O)cc1. The average Bonchev–Trinajstić information content (AvgIpc) is 2.68. The molecule has 1 aliphatic carbocycles. The third-order valence-electron chi connectivity index (χ3n) is 4.71. The van der Waals surface area contributed by atoms with Crippen molar-refractivity contribution in [2.75, 3.05) is 12.4 Å². The number of nitrogens with one attached hydrogen (secondary N) is 1. The molecule has 1 heterocycles. The van der Waals surface area contributed by atoms with E-state index in [1.807, 2.05) is 48.5 Å². The van der Waals surface area contributed by atoms with Gasteiger partial charge in [-0.15, -0.1) is 0 Å². The number of anilines is 2. The van der Waals surface area contributed by atoms with Crippen LogP contribution in [-0.2, 0) is 6.42 Å². The van der Waals surface area contributed by atoms with Crippen molar-refractivity contribution in [3.63, 3.8) is 0 Å². The van der Waals surface area contributed by atoms with Gasteiger partial charge in [0.05, 0.1) is 18.4 Å². The molecule has 1 N–H and O–H groups in total. The third kappa shape index (κ3) is 3.78. The molecule has 0 bridgehead atoms. The minimum absolute atomic E-state index is 0.0669. The number of carbonyl (C=O) groups is 1. The van der Waals surface area contributed by atoms with Gasteiger partial charge in [0.1, 0.15) is 5.75 Å². The highest BCUT2D eigenvalue weighted by molar-refractivity contribution is 6.30. The van der Waals surface area contributed by atoms with E-state index in [0.717, 1.165) is 22.7 Å². The quantitative estimate of drug-likeness (QED) is 0.705. The van der Waals surface area contributed by atoms with Crippen LogP contribution in [0.25, 0.3) is 0 Å². The first-order chi connectivity index (χ1) is 13.1. The maximum atomic E-state index is 12.5. The number of ketones is 1. The zero-order valence-electron chi connectivity index (χ0n) is 14.8. The molecule has 0 saturated carbocycles. The number of methoxy groups -OCH3 is 1. The van der Waals surface area contributed by atoms with Gasteiger partial charge in [-0.05, 0) is 54.3 Å². The van der Waals surface area contributed by atoms with Crippen LogP contribution in [-0.4, -0.2) is 22.9 Å². The molecule has 1 aromatic heterocycles. The highest BCUT2D eigenvalue weighted by Gasteiger charge is 2.28. The van der Waals surface area contributed by atoms with Crippen molar-refractivity contribution in [3.8, 4) is 5.75 Å². The number of hydrogen-bond donors (Lipinski definition) is 1. The number of hydrogen-bond acceptors (Lipinski definition) is 5. The van der Waals surface area contributed by atoms with Crippen LogP contribution in [0.15, 0.2) is 54.7 Å². The van der Waals surface area contributed by atoms with Crippen LogP contribution in [0.2, 0.25) is 5.02 Å². The van der Waals surface area contributed by atoms with Crippen molar-refractivity contribution in [1.29, 1.82) is 0 Å². The molecule has 0 spiro atoms. The van der Waals surface area contributed by atoms with Crippen LogP contribution in [0.3, 0.4) is 0 Å². The lowest BCUT2D eigenvalue weighted by molar-refractivity contribution is 0.0962. The summed E-state index contributed by atoms with van der Waals surface area (Å²) in [5.74, 6) is 1.39. The van der Waals surface area contributed by atoms with Crippen LogP contribution in [0.5, 0.6) is 5.75 Å². The molecule has 1 atom stereocenters. The van der Waals surface area contributed by atoms with Crippen LogP contribution in [0, 0.1) is 0 Å². The van der Waals surface area contributed by atoms with Crippen molar-refractivity contribution >= 4 is 29.0 Å². The summed E-state index contributed by atoms with van der Waals surface area (Å²) in [6.07, 6.45) is 2.74. The number of halogens is 1. The summed E-state index contributed by atoms with van der Waals surface area (Å²) in [6, 6.07) is 15.2. The normalized spacial score (nSPS) is 15.9. The Hall–Kier alpha value is -2.92. The van der Waals surface area contributed by atoms with E-state index < -0.39 is 0 Å². The number of rotatable bonds is 4. The van der Waals surface area contributed by atoms with Gasteiger partial charge in [-0.3, -0.25) is 4.79 Å². The first-order valence-corrected chi connectivity index (χ1v) is 9.06. The van der Waals surface area contributed by atoms with Crippen LogP contribution >= 0.6 is 11.6 Å². The second-order valence-corrected chi connectivity index (χ2v) is 6.93. The smallest absolute Gasteiger partial charge is 0.227 e. The lowest BCUT2D eigenvalue weighted by atomic mass is 9.82. The van der Waals surface area contributed by atoms with Gasteiger partial charge < -0.3 is 10.1 Å². The maximum Gasteiger partial charge on any atom is 0.227 e. The Balaban J connectivity index is 1.58. The number of fused-ring (bicyclic) bond motifs is 1. The van der Waals surface area contributed by atoms with Gasteiger partial charge in [0, 0.05) is 23.3 Å². The molecule has 5 nitrogen and oxygen atoms in total. The predicted molar refractivity (Wildman–Crippen MR) is 105 cm³/mol. The summed E-state index contributed by atoms with van der Waals surface area (Å²) in [5, 5.41) is 3.85. The summed E-state index contributed by atoms with van der Waals surface area (Å²) in [7, 11) is 1.63. The molecule has 136 valence electrons. The molecular weight excluding hydrogens is 362 g/mol. The first kappa shape index (κ1) is 17.5. The molecule has 0 unspecified atom stereocenters. The molecule has 1 aliphatic rings. The highest BCUT2D eigenvalue weighted by Crippen LogP contribution is 2.33. The third-order valence-corrected chi connectivity index (χ3v) is 4.94. The van der Waals surface area contributed by atoms with E-state index in [1.165, 1.54) is 0 Å².